The largest absolute Gasteiger partial charge is 0.480 e. The predicted molar refractivity (Wildman–Crippen MR) is 86.6 cm³/mol. The number of carbonyl (C=O) groups is 2. The summed E-state index contributed by atoms with van der Waals surface area (Å²) < 4.78 is 0.938. The van der Waals surface area contributed by atoms with Crippen LogP contribution in [0.4, 0.5) is 10.5 Å². The molecule has 0 aliphatic heterocycles. The molecular weight excluding hydrogens is 336 g/mol. The van der Waals surface area contributed by atoms with E-state index in [0.717, 1.165) is 16.5 Å². The summed E-state index contributed by atoms with van der Waals surface area (Å²) in [6.07, 6.45) is 1.16. The fourth-order valence-electron chi connectivity index (χ4n) is 1.99. The summed E-state index contributed by atoms with van der Waals surface area (Å²) in [6, 6.07) is 4.17. The lowest BCUT2D eigenvalue weighted by Gasteiger charge is -2.18. The van der Waals surface area contributed by atoms with Crippen LogP contribution in [0.15, 0.2) is 22.7 Å². The fraction of sp³-hybridized carbons (Fsp3) is 0.467. The van der Waals surface area contributed by atoms with Crippen LogP contribution in [0.1, 0.15) is 32.8 Å². The van der Waals surface area contributed by atoms with E-state index >= 15 is 0 Å². The van der Waals surface area contributed by atoms with Gasteiger partial charge in [-0.3, -0.25) is 0 Å². The zero-order chi connectivity index (χ0) is 16.0. The molecule has 0 radical (unpaired) electrons. The molecule has 6 heteroatoms. The van der Waals surface area contributed by atoms with Gasteiger partial charge in [0.1, 0.15) is 6.04 Å². The highest BCUT2D eigenvalue weighted by Crippen LogP contribution is 2.21. The molecule has 1 rings (SSSR count). The molecule has 0 saturated heterocycles. The molecule has 0 heterocycles. The Kier molecular flexibility index (Phi) is 6.68. The highest BCUT2D eigenvalue weighted by Gasteiger charge is 2.21. The van der Waals surface area contributed by atoms with Gasteiger partial charge in [0.25, 0.3) is 0 Å². The smallest absolute Gasteiger partial charge is 0.326 e. The van der Waals surface area contributed by atoms with Crippen molar-refractivity contribution in [3.8, 4) is 0 Å². The van der Waals surface area contributed by atoms with Crippen molar-refractivity contribution < 1.29 is 14.7 Å². The molecule has 3 N–H and O–H groups in total. The molecule has 0 aliphatic carbocycles. The van der Waals surface area contributed by atoms with Crippen LogP contribution in [0, 0.1) is 5.92 Å². The zero-order valence-corrected chi connectivity index (χ0v) is 14.0. The third-order valence-electron chi connectivity index (χ3n) is 3.01. The summed E-state index contributed by atoms with van der Waals surface area (Å²) in [5, 5.41) is 14.3. The van der Waals surface area contributed by atoms with Crippen molar-refractivity contribution in [1.29, 1.82) is 0 Å². The summed E-state index contributed by atoms with van der Waals surface area (Å²) >= 11 is 3.38. The van der Waals surface area contributed by atoms with Crippen LogP contribution in [0.3, 0.4) is 0 Å². The average Bonchev–Trinajstić information content (AvgIpc) is 2.39. The summed E-state index contributed by atoms with van der Waals surface area (Å²) in [5.41, 5.74) is 1.67. The third kappa shape index (κ3) is 5.75. The minimum Gasteiger partial charge on any atom is -0.480 e. The Morgan fingerprint density at radius 1 is 1.33 bits per heavy atom. The minimum atomic E-state index is -1.02. The SMILES string of the molecule is CCc1cc(Br)ccc1NC(=O)NC(CC(C)C)C(=O)O. The van der Waals surface area contributed by atoms with Crippen LogP contribution in [-0.4, -0.2) is 23.1 Å². The lowest BCUT2D eigenvalue weighted by Crippen LogP contribution is -2.43. The molecular formula is C15H21BrN2O3. The molecule has 1 atom stereocenters. The minimum absolute atomic E-state index is 0.185. The highest BCUT2D eigenvalue weighted by atomic mass is 79.9. The molecule has 0 aliphatic rings. The molecule has 116 valence electrons. The van der Waals surface area contributed by atoms with Crippen molar-refractivity contribution in [3.05, 3.63) is 28.2 Å². The molecule has 21 heavy (non-hydrogen) atoms. The van der Waals surface area contributed by atoms with Gasteiger partial charge in [-0.05, 0) is 42.5 Å². The second-order valence-electron chi connectivity index (χ2n) is 5.27. The van der Waals surface area contributed by atoms with Gasteiger partial charge in [-0.15, -0.1) is 0 Å². The van der Waals surface area contributed by atoms with Crippen molar-refractivity contribution in [2.75, 3.05) is 5.32 Å². The number of halogens is 1. The van der Waals surface area contributed by atoms with Gasteiger partial charge in [-0.1, -0.05) is 36.7 Å². The summed E-state index contributed by atoms with van der Waals surface area (Å²) in [5.74, 6) is -0.837. The first-order valence-electron chi connectivity index (χ1n) is 6.92. The first kappa shape index (κ1) is 17.5. The molecule has 5 nitrogen and oxygen atoms in total. The number of anilines is 1. The Hall–Kier alpha value is -1.56. The number of carboxylic acid groups (broad SMARTS) is 1. The van der Waals surface area contributed by atoms with Crippen LogP contribution < -0.4 is 10.6 Å². The number of aliphatic carboxylic acids is 1. The maximum atomic E-state index is 12.0. The van der Waals surface area contributed by atoms with E-state index in [0.29, 0.717) is 12.1 Å². The summed E-state index contributed by atoms with van der Waals surface area (Å²) in [6.45, 7) is 5.82. The predicted octanol–water partition coefficient (Wildman–Crippen LogP) is 3.63. The maximum Gasteiger partial charge on any atom is 0.326 e. The first-order chi connectivity index (χ1) is 9.83. The standard InChI is InChI=1S/C15H21BrN2O3/c1-4-10-8-11(16)5-6-12(10)17-15(21)18-13(14(19)20)7-9(2)3/h5-6,8-9,13H,4,7H2,1-3H3,(H,19,20)(H2,17,18,21). The van der Waals surface area contributed by atoms with Crippen LogP contribution >= 0.6 is 15.9 Å². The lowest BCUT2D eigenvalue weighted by atomic mass is 10.0. The second-order valence-corrected chi connectivity index (χ2v) is 6.19. The van der Waals surface area contributed by atoms with Crippen molar-refractivity contribution in [3.63, 3.8) is 0 Å². The maximum absolute atomic E-state index is 12.0. The lowest BCUT2D eigenvalue weighted by molar-refractivity contribution is -0.139. The van der Waals surface area contributed by atoms with Gasteiger partial charge in [0.15, 0.2) is 0 Å². The van der Waals surface area contributed by atoms with E-state index in [1.165, 1.54) is 0 Å². The average molecular weight is 357 g/mol. The van der Waals surface area contributed by atoms with Gasteiger partial charge < -0.3 is 15.7 Å². The fourth-order valence-corrected chi connectivity index (χ4v) is 2.39. The molecule has 1 aromatic rings. The quantitative estimate of drug-likeness (QED) is 0.727. The van der Waals surface area contributed by atoms with E-state index in [1.807, 2.05) is 32.9 Å². The van der Waals surface area contributed by atoms with Crippen molar-refractivity contribution in [2.45, 2.75) is 39.7 Å². The van der Waals surface area contributed by atoms with Crippen LogP contribution in [0.5, 0.6) is 0 Å². The molecule has 0 saturated carbocycles. The number of hydrogen-bond acceptors (Lipinski definition) is 2. The van der Waals surface area contributed by atoms with Gasteiger partial charge >= 0.3 is 12.0 Å². The molecule has 2 amide bonds. The van der Waals surface area contributed by atoms with E-state index in [4.69, 9.17) is 5.11 Å². The number of carboxylic acids is 1. The van der Waals surface area contributed by atoms with E-state index in [9.17, 15) is 9.59 Å². The van der Waals surface area contributed by atoms with Crippen molar-refractivity contribution in [1.82, 2.24) is 5.32 Å². The number of nitrogens with one attached hydrogen (secondary N) is 2. The second kappa shape index (κ2) is 8.02. The molecule has 0 fully saturated rings. The topological polar surface area (TPSA) is 78.4 Å². The summed E-state index contributed by atoms with van der Waals surface area (Å²) in [7, 11) is 0. The molecule has 0 aromatic heterocycles. The first-order valence-corrected chi connectivity index (χ1v) is 7.71. The van der Waals surface area contributed by atoms with Gasteiger partial charge in [-0.25, -0.2) is 9.59 Å². The van der Waals surface area contributed by atoms with Gasteiger partial charge in [0.05, 0.1) is 0 Å². The van der Waals surface area contributed by atoms with Gasteiger partial charge in [0.2, 0.25) is 0 Å². The molecule has 1 aromatic carbocycles. The Morgan fingerprint density at radius 3 is 2.52 bits per heavy atom. The number of hydrogen-bond donors (Lipinski definition) is 3. The van der Waals surface area contributed by atoms with Gasteiger partial charge in [0, 0.05) is 10.2 Å². The molecule has 0 spiro atoms. The van der Waals surface area contributed by atoms with Crippen LogP contribution in [-0.2, 0) is 11.2 Å². The number of carbonyl (C=O) groups excluding carboxylic acids is 1. The summed E-state index contributed by atoms with van der Waals surface area (Å²) in [4.78, 5) is 23.1. The number of amides is 2. The molecule has 1 unspecified atom stereocenters. The monoisotopic (exact) mass is 356 g/mol. The number of benzene rings is 1. The third-order valence-corrected chi connectivity index (χ3v) is 3.50. The van der Waals surface area contributed by atoms with Crippen LogP contribution in [0.25, 0.3) is 0 Å². The van der Waals surface area contributed by atoms with E-state index in [1.54, 1.807) is 6.07 Å². The van der Waals surface area contributed by atoms with Crippen molar-refractivity contribution >= 4 is 33.6 Å². The number of urea groups is 1. The highest BCUT2D eigenvalue weighted by molar-refractivity contribution is 9.10. The Balaban J connectivity index is 2.74. The van der Waals surface area contributed by atoms with Crippen molar-refractivity contribution in [2.24, 2.45) is 5.92 Å². The van der Waals surface area contributed by atoms with Crippen LogP contribution in [0.2, 0.25) is 0 Å². The van der Waals surface area contributed by atoms with E-state index < -0.39 is 18.0 Å². The van der Waals surface area contributed by atoms with E-state index in [-0.39, 0.29) is 5.92 Å². The Labute approximate surface area is 133 Å². The zero-order valence-electron chi connectivity index (χ0n) is 12.4. The van der Waals surface area contributed by atoms with Gasteiger partial charge in [-0.2, -0.15) is 0 Å². The normalized spacial score (nSPS) is 12.0. The number of aryl methyl sites for hydroxylation is 1. The Morgan fingerprint density at radius 2 is 2.00 bits per heavy atom. The number of rotatable bonds is 6. The Bertz CT molecular complexity index is 518. The molecule has 0 bridgehead atoms. The van der Waals surface area contributed by atoms with E-state index in [2.05, 4.69) is 26.6 Å².